The molecule has 0 saturated heterocycles. The molecule has 3 rings (SSSR count). The molecular formula is C22H19FN4O2. The molecule has 0 aliphatic rings. The van der Waals surface area contributed by atoms with Crippen molar-refractivity contribution < 1.29 is 14.3 Å². The molecule has 146 valence electrons. The van der Waals surface area contributed by atoms with Crippen LogP contribution in [-0.4, -0.2) is 26.0 Å². The summed E-state index contributed by atoms with van der Waals surface area (Å²) >= 11 is 0. The van der Waals surface area contributed by atoms with E-state index in [1.54, 1.807) is 12.3 Å². The van der Waals surface area contributed by atoms with E-state index in [-0.39, 0.29) is 17.1 Å². The number of nitrogen functional groups attached to an aromatic ring is 1. The Hall–Kier alpha value is -3.79. The van der Waals surface area contributed by atoms with Crippen LogP contribution in [0.3, 0.4) is 0 Å². The monoisotopic (exact) mass is 390 g/mol. The summed E-state index contributed by atoms with van der Waals surface area (Å²) in [5, 5.41) is 9.23. The smallest absolute Gasteiger partial charge is 0.336 e. The van der Waals surface area contributed by atoms with E-state index in [2.05, 4.69) is 26.8 Å². The zero-order valence-electron chi connectivity index (χ0n) is 16.0. The van der Waals surface area contributed by atoms with Gasteiger partial charge in [-0.05, 0) is 43.2 Å². The van der Waals surface area contributed by atoms with Crippen LogP contribution in [0.25, 0.3) is 11.3 Å². The molecule has 3 N–H and O–H groups in total. The minimum Gasteiger partial charge on any atom is -0.478 e. The number of halogens is 1. The van der Waals surface area contributed by atoms with Crippen LogP contribution in [0.15, 0.2) is 36.5 Å². The molecule has 6 nitrogen and oxygen atoms in total. The number of nitrogens with zero attached hydrogens (tertiary/aromatic N) is 3. The number of aromatic carboxylic acids is 1. The van der Waals surface area contributed by atoms with Crippen molar-refractivity contribution in [3.05, 3.63) is 70.2 Å². The molecule has 3 aromatic rings. The summed E-state index contributed by atoms with van der Waals surface area (Å²) in [5.41, 5.74) is 9.64. The molecule has 0 aliphatic heterocycles. The molecule has 29 heavy (non-hydrogen) atoms. The Labute approximate surface area is 167 Å². The van der Waals surface area contributed by atoms with Gasteiger partial charge in [-0.15, -0.1) is 0 Å². The van der Waals surface area contributed by atoms with Crippen molar-refractivity contribution in [1.82, 2.24) is 15.0 Å². The van der Waals surface area contributed by atoms with Crippen LogP contribution in [0, 0.1) is 18.8 Å². The number of benzene rings is 1. The number of rotatable bonds is 4. The van der Waals surface area contributed by atoms with E-state index in [1.807, 2.05) is 26.0 Å². The molecular weight excluding hydrogens is 371 g/mol. The number of anilines is 1. The van der Waals surface area contributed by atoms with E-state index >= 15 is 0 Å². The van der Waals surface area contributed by atoms with Gasteiger partial charge in [0.05, 0.1) is 22.5 Å². The van der Waals surface area contributed by atoms with Gasteiger partial charge < -0.3 is 10.8 Å². The predicted molar refractivity (Wildman–Crippen MR) is 108 cm³/mol. The molecule has 2 aromatic heterocycles. The van der Waals surface area contributed by atoms with Crippen molar-refractivity contribution >= 4 is 11.9 Å². The lowest BCUT2D eigenvalue weighted by molar-refractivity contribution is 0.0695. The van der Waals surface area contributed by atoms with E-state index in [0.29, 0.717) is 28.9 Å². The molecule has 0 bridgehead atoms. The van der Waals surface area contributed by atoms with Crippen LogP contribution >= 0.6 is 0 Å². The van der Waals surface area contributed by atoms with E-state index < -0.39 is 12.6 Å². The van der Waals surface area contributed by atoms with Crippen molar-refractivity contribution in [2.75, 3.05) is 5.73 Å². The third-order valence-corrected chi connectivity index (χ3v) is 4.33. The highest BCUT2D eigenvalue weighted by molar-refractivity contribution is 5.90. The first-order valence-corrected chi connectivity index (χ1v) is 8.96. The average Bonchev–Trinajstić information content (AvgIpc) is 2.72. The normalized spacial score (nSPS) is 10.3. The number of carboxylic acids is 1. The quantitative estimate of drug-likeness (QED) is 0.661. The Bertz CT molecular complexity index is 1130. The van der Waals surface area contributed by atoms with Gasteiger partial charge in [0.15, 0.2) is 0 Å². The second kappa shape index (κ2) is 8.48. The average molecular weight is 390 g/mol. The molecule has 0 radical (unpaired) electrons. The Kier molecular flexibility index (Phi) is 5.84. The van der Waals surface area contributed by atoms with Crippen molar-refractivity contribution in [2.45, 2.75) is 26.9 Å². The summed E-state index contributed by atoms with van der Waals surface area (Å²) in [7, 11) is 0. The van der Waals surface area contributed by atoms with Crippen molar-refractivity contribution in [3.8, 4) is 23.1 Å². The second-order valence-electron chi connectivity index (χ2n) is 6.35. The molecule has 0 unspecified atom stereocenters. The summed E-state index contributed by atoms with van der Waals surface area (Å²) in [6.07, 6.45) is 2.24. The van der Waals surface area contributed by atoms with Gasteiger partial charge in [0.1, 0.15) is 6.67 Å². The standard InChI is InChI=1S/C22H19FN4O2/c1-3-19-18(8-6-14-5-4-13(2)25-12-14)20(27-22(24)26-19)15-7-9-17(21(28)29)16(10-15)11-23/h4-5,7,9-10,12H,3,11H2,1-2H3,(H,28,29)(H2,24,26,27). The van der Waals surface area contributed by atoms with Gasteiger partial charge in [0.25, 0.3) is 0 Å². The third kappa shape index (κ3) is 4.38. The summed E-state index contributed by atoms with van der Waals surface area (Å²) in [5.74, 6) is 5.02. The van der Waals surface area contributed by atoms with Crippen molar-refractivity contribution in [3.63, 3.8) is 0 Å². The predicted octanol–water partition coefficient (Wildman–Crippen LogP) is 3.56. The van der Waals surface area contributed by atoms with Gasteiger partial charge in [-0.1, -0.05) is 24.8 Å². The minimum absolute atomic E-state index is 0.0619. The lowest BCUT2D eigenvalue weighted by atomic mass is 9.98. The molecule has 0 spiro atoms. The lowest BCUT2D eigenvalue weighted by Crippen LogP contribution is -2.06. The van der Waals surface area contributed by atoms with Crippen LogP contribution in [-0.2, 0) is 13.1 Å². The number of pyridine rings is 1. The summed E-state index contributed by atoms with van der Waals surface area (Å²) in [6, 6.07) is 8.12. The van der Waals surface area contributed by atoms with Crippen LogP contribution in [0.1, 0.15) is 45.4 Å². The van der Waals surface area contributed by atoms with Crippen LogP contribution in [0.4, 0.5) is 10.3 Å². The Morgan fingerprint density at radius 3 is 2.62 bits per heavy atom. The maximum atomic E-state index is 13.4. The summed E-state index contributed by atoms with van der Waals surface area (Å²) in [4.78, 5) is 24.1. The fourth-order valence-electron chi connectivity index (χ4n) is 2.86. The minimum atomic E-state index is -1.19. The molecule has 0 saturated carbocycles. The maximum absolute atomic E-state index is 13.4. The molecule has 7 heteroatoms. The highest BCUT2D eigenvalue weighted by atomic mass is 19.1. The van der Waals surface area contributed by atoms with E-state index in [1.165, 1.54) is 12.1 Å². The molecule has 1 aromatic carbocycles. The molecule has 0 aliphatic carbocycles. The van der Waals surface area contributed by atoms with Gasteiger partial charge >= 0.3 is 5.97 Å². The number of aromatic nitrogens is 3. The number of hydrogen-bond donors (Lipinski definition) is 2. The van der Waals surface area contributed by atoms with Crippen molar-refractivity contribution in [1.29, 1.82) is 0 Å². The number of aryl methyl sites for hydroxylation is 2. The van der Waals surface area contributed by atoms with Gasteiger partial charge in [0.2, 0.25) is 5.95 Å². The lowest BCUT2D eigenvalue weighted by Gasteiger charge is -2.11. The molecule has 0 amide bonds. The van der Waals surface area contributed by atoms with E-state index in [0.717, 1.165) is 11.3 Å². The highest BCUT2D eigenvalue weighted by Gasteiger charge is 2.16. The zero-order valence-corrected chi connectivity index (χ0v) is 16.0. The first kappa shape index (κ1) is 20.0. The topological polar surface area (TPSA) is 102 Å². The van der Waals surface area contributed by atoms with Gasteiger partial charge in [-0.3, -0.25) is 4.98 Å². The number of hydrogen-bond acceptors (Lipinski definition) is 5. The van der Waals surface area contributed by atoms with Crippen LogP contribution in [0.5, 0.6) is 0 Å². The fourth-order valence-corrected chi connectivity index (χ4v) is 2.86. The Morgan fingerprint density at radius 2 is 2.00 bits per heavy atom. The highest BCUT2D eigenvalue weighted by Crippen LogP contribution is 2.27. The largest absolute Gasteiger partial charge is 0.478 e. The molecule has 2 heterocycles. The maximum Gasteiger partial charge on any atom is 0.336 e. The second-order valence-corrected chi connectivity index (χ2v) is 6.35. The van der Waals surface area contributed by atoms with Crippen molar-refractivity contribution in [2.24, 2.45) is 0 Å². The Balaban J connectivity index is 2.18. The number of alkyl halides is 1. The Morgan fingerprint density at radius 1 is 1.21 bits per heavy atom. The number of carboxylic acid groups (broad SMARTS) is 1. The number of carbonyl (C=O) groups is 1. The number of nitrogens with two attached hydrogens (primary N) is 1. The van der Waals surface area contributed by atoms with E-state index in [4.69, 9.17) is 5.73 Å². The molecule has 0 fully saturated rings. The van der Waals surface area contributed by atoms with Gasteiger partial charge in [0, 0.05) is 23.0 Å². The summed E-state index contributed by atoms with van der Waals surface area (Å²) < 4.78 is 13.4. The first-order valence-electron chi connectivity index (χ1n) is 8.96. The van der Waals surface area contributed by atoms with E-state index in [9.17, 15) is 14.3 Å². The molecule has 0 atom stereocenters. The van der Waals surface area contributed by atoms with Crippen LogP contribution in [0.2, 0.25) is 0 Å². The third-order valence-electron chi connectivity index (χ3n) is 4.33. The summed E-state index contributed by atoms with van der Waals surface area (Å²) in [6.45, 7) is 2.90. The fraction of sp³-hybridized carbons (Fsp3) is 0.182. The first-order chi connectivity index (χ1) is 13.9. The van der Waals surface area contributed by atoms with Crippen LogP contribution < -0.4 is 5.73 Å². The van der Waals surface area contributed by atoms with Gasteiger partial charge in [-0.25, -0.2) is 19.2 Å². The van der Waals surface area contributed by atoms with Gasteiger partial charge in [-0.2, -0.15) is 0 Å². The SMILES string of the molecule is CCc1nc(N)nc(-c2ccc(C(=O)O)c(CF)c2)c1C#Cc1ccc(C)nc1. The zero-order chi connectivity index (χ0) is 21.0.